The molecule has 1 atom stereocenters. The number of nitrogens with one attached hydrogen (secondary N) is 1. The van der Waals surface area contributed by atoms with Gasteiger partial charge in [0.15, 0.2) is 5.76 Å². The summed E-state index contributed by atoms with van der Waals surface area (Å²) in [4.78, 5) is 12.4. The molecule has 0 fully saturated rings. The third kappa shape index (κ3) is 5.18. The molecule has 4 aromatic rings. The van der Waals surface area contributed by atoms with Crippen molar-refractivity contribution < 1.29 is 19.1 Å². The molecule has 164 valence electrons. The molecule has 1 amide bonds. The highest BCUT2D eigenvalue weighted by molar-refractivity contribution is 5.91. The SMILES string of the molecule is CC(C)c1ccc(C(O)CNC(=O)c2ccc(COc3ccc4ccccc4c3)o2)cc1. The monoisotopic (exact) mass is 429 g/mol. The molecule has 3 aromatic carbocycles. The van der Waals surface area contributed by atoms with Crippen LogP contribution in [0.1, 0.15) is 53.3 Å². The molecule has 1 unspecified atom stereocenters. The van der Waals surface area contributed by atoms with Gasteiger partial charge in [0.1, 0.15) is 18.1 Å². The zero-order chi connectivity index (χ0) is 22.5. The lowest BCUT2D eigenvalue weighted by Crippen LogP contribution is -2.28. The highest BCUT2D eigenvalue weighted by Gasteiger charge is 2.15. The number of carbonyl (C=O) groups excluding carboxylic acids is 1. The zero-order valence-electron chi connectivity index (χ0n) is 18.2. The van der Waals surface area contributed by atoms with Crippen LogP contribution in [0.5, 0.6) is 5.75 Å². The minimum atomic E-state index is -0.786. The van der Waals surface area contributed by atoms with Crippen LogP contribution >= 0.6 is 0 Å². The number of hydrogen-bond acceptors (Lipinski definition) is 4. The van der Waals surface area contributed by atoms with Crippen LogP contribution in [0.4, 0.5) is 0 Å². The average molecular weight is 430 g/mol. The first-order valence-corrected chi connectivity index (χ1v) is 10.8. The van der Waals surface area contributed by atoms with E-state index in [1.54, 1.807) is 12.1 Å². The Labute approximate surface area is 187 Å². The maximum atomic E-state index is 12.4. The van der Waals surface area contributed by atoms with Gasteiger partial charge in [-0.3, -0.25) is 4.79 Å². The molecular formula is C27H27NO4. The standard InChI is InChI=1S/C27H27NO4/c1-18(2)19-7-9-21(10-8-19)25(29)16-28-27(30)26-14-13-24(32-26)17-31-23-12-11-20-5-3-4-6-22(20)15-23/h3-15,18,25,29H,16-17H2,1-2H3,(H,28,30). The van der Waals surface area contributed by atoms with E-state index < -0.39 is 6.10 Å². The van der Waals surface area contributed by atoms with E-state index in [0.717, 1.165) is 22.1 Å². The molecule has 0 saturated carbocycles. The predicted octanol–water partition coefficient (Wildman–Crippen LogP) is 5.60. The minimum Gasteiger partial charge on any atom is -0.486 e. The summed E-state index contributed by atoms with van der Waals surface area (Å²) >= 11 is 0. The van der Waals surface area contributed by atoms with Crippen LogP contribution in [0.2, 0.25) is 0 Å². The van der Waals surface area contributed by atoms with Crippen LogP contribution in [0.3, 0.4) is 0 Å². The highest BCUT2D eigenvalue weighted by atomic mass is 16.5. The second-order valence-corrected chi connectivity index (χ2v) is 8.11. The van der Waals surface area contributed by atoms with Crippen molar-refractivity contribution in [2.45, 2.75) is 32.5 Å². The Morgan fingerprint density at radius 1 is 0.938 bits per heavy atom. The Hall–Kier alpha value is -3.57. The Morgan fingerprint density at radius 2 is 1.66 bits per heavy atom. The summed E-state index contributed by atoms with van der Waals surface area (Å²) in [5.74, 6) is 1.52. The van der Waals surface area contributed by atoms with Crippen molar-refractivity contribution in [1.82, 2.24) is 5.32 Å². The van der Waals surface area contributed by atoms with Crippen LogP contribution in [0.25, 0.3) is 10.8 Å². The molecule has 4 rings (SSSR count). The molecule has 5 nitrogen and oxygen atoms in total. The number of carbonyl (C=O) groups is 1. The molecule has 1 aromatic heterocycles. The van der Waals surface area contributed by atoms with Crippen LogP contribution in [-0.2, 0) is 6.61 Å². The van der Waals surface area contributed by atoms with Gasteiger partial charge in [-0.25, -0.2) is 0 Å². The normalized spacial score (nSPS) is 12.1. The van der Waals surface area contributed by atoms with E-state index in [2.05, 4.69) is 19.2 Å². The fraction of sp³-hybridized carbons (Fsp3) is 0.222. The lowest BCUT2D eigenvalue weighted by Gasteiger charge is -2.13. The summed E-state index contributed by atoms with van der Waals surface area (Å²) in [6.07, 6.45) is -0.786. The van der Waals surface area contributed by atoms with Crippen molar-refractivity contribution in [3.05, 3.63) is 102 Å². The molecule has 0 bridgehead atoms. The summed E-state index contributed by atoms with van der Waals surface area (Å²) < 4.78 is 11.4. The topological polar surface area (TPSA) is 71.7 Å². The highest BCUT2D eigenvalue weighted by Crippen LogP contribution is 2.22. The van der Waals surface area contributed by atoms with E-state index in [0.29, 0.717) is 11.7 Å². The maximum absolute atomic E-state index is 12.4. The number of fused-ring (bicyclic) bond motifs is 1. The number of benzene rings is 3. The fourth-order valence-electron chi connectivity index (χ4n) is 3.49. The van der Waals surface area contributed by atoms with Crippen molar-refractivity contribution in [2.75, 3.05) is 6.54 Å². The van der Waals surface area contributed by atoms with Crippen molar-refractivity contribution in [3.8, 4) is 5.75 Å². The summed E-state index contributed by atoms with van der Waals surface area (Å²) in [5, 5.41) is 15.3. The first-order chi connectivity index (χ1) is 15.5. The number of aliphatic hydroxyl groups excluding tert-OH is 1. The van der Waals surface area contributed by atoms with Gasteiger partial charge in [0, 0.05) is 6.54 Å². The molecule has 0 aliphatic rings. The fourth-order valence-corrected chi connectivity index (χ4v) is 3.49. The van der Waals surface area contributed by atoms with Crippen LogP contribution in [-0.4, -0.2) is 17.6 Å². The second-order valence-electron chi connectivity index (χ2n) is 8.11. The Bertz CT molecular complexity index is 1190. The van der Waals surface area contributed by atoms with Crippen LogP contribution in [0.15, 0.2) is 83.3 Å². The molecule has 1 heterocycles. The molecule has 32 heavy (non-hydrogen) atoms. The Balaban J connectivity index is 1.30. The number of aliphatic hydroxyl groups is 1. The quantitative estimate of drug-likeness (QED) is 0.382. The molecule has 5 heteroatoms. The van der Waals surface area contributed by atoms with E-state index >= 15 is 0 Å². The second kappa shape index (κ2) is 9.71. The summed E-state index contributed by atoms with van der Waals surface area (Å²) in [5.41, 5.74) is 1.97. The number of furan rings is 1. The smallest absolute Gasteiger partial charge is 0.287 e. The maximum Gasteiger partial charge on any atom is 0.287 e. The lowest BCUT2D eigenvalue weighted by molar-refractivity contribution is 0.0885. The number of hydrogen-bond donors (Lipinski definition) is 2. The van der Waals surface area contributed by atoms with Crippen molar-refractivity contribution in [1.29, 1.82) is 0 Å². The van der Waals surface area contributed by atoms with Crippen LogP contribution < -0.4 is 10.1 Å². The minimum absolute atomic E-state index is 0.101. The molecule has 0 aliphatic heterocycles. The largest absolute Gasteiger partial charge is 0.486 e. The first kappa shape index (κ1) is 21.7. The van der Waals surface area contributed by atoms with Gasteiger partial charge in [0.2, 0.25) is 0 Å². The zero-order valence-corrected chi connectivity index (χ0v) is 18.2. The van der Waals surface area contributed by atoms with Crippen molar-refractivity contribution >= 4 is 16.7 Å². The number of ether oxygens (including phenoxy) is 1. The van der Waals surface area contributed by atoms with Gasteiger partial charge in [-0.05, 0) is 52.1 Å². The van der Waals surface area contributed by atoms with Gasteiger partial charge >= 0.3 is 0 Å². The average Bonchev–Trinajstić information content (AvgIpc) is 3.30. The van der Waals surface area contributed by atoms with Gasteiger partial charge in [0.05, 0.1) is 6.10 Å². The third-order valence-electron chi connectivity index (χ3n) is 5.43. The van der Waals surface area contributed by atoms with Crippen molar-refractivity contribution in [2.24, 2.45) is 0 Å². The summed E-state index contributed by atoms with van der Waals surface area (Å²) in [6, 6.07) is 25.1. The van der Waals surface area contributed by atoms with E-state index in [4.69, 9.17) is 9.15 Å². The summed E-state index contributed by atoms with van der Waals surface area (Å²) in [6.45, 7) is 4.56. The molecule has 0 spiro atoms. The van der Waals surface area contributed by atoms with E-state index in [-0.39, 0.29) is 24.8 Å². The molecule has 0 aliphatic carbocycles. The predicted molar refractivity (Wildman–Crippen MR) is 125 cm³/mol. The van der Waals surface area contributed by atoms with E-state index in [1.807, 2.05) is 66.7 Å². The lowest BCUT2D eigenvalue weighted by atomic mass is 10.00. The van der Waals surface area contributed by atoms with Gasteiger partial charge in [-0.2, -0.15) is 0 Å². The van der Waals surface area contributed by atoms with Gasteiger partial charge in [-0.15, -0.1) is 0 Å². The van der Waals surface area contributed by atoms with Crippen molar-refractivity contribution in [3.63, 3.8) is 0 Å². The van der Waals surface area contributed by atoms with E-state index in [1.165, 1.54) is 5.56 Å². The Morgan fingerprint density at radius 3 is 2.41 bits per heavy atom. The summed E-state index contributed by atoms with van der Waals surface area (Å²) in [7, 11) is 0. The van der Waals surface area contributed by atoms with Crippen LogP contribution in [0, 0.1) is 0 Å². The Kier molecular flexibility index (Phi) is 6.57. The van der Waals surface area contributed by atoms with Gasteiger partial charge in [-0.1, -0.05) is 68.4 Å². The molecule has 2 N–H and O–H groups in total. The number of rotatable bonds is 8. The molecule has 0 saturated heterocycles. The first-order valence-electron chi connectivity index (χ1n) is 10.8. The molecular weight excluding hydrogens is 402 g/mol. The van der Waals surface area contributed by atoms with Gasteiger partial charge < -0.3 is 19.6 Å². The van der Waals surface area contributed by atoms with Gasteiger partial charge in [0.25, 0.3) is 5.91 Å². The van der Waals surface area contributed by atoms with E-state index in [9.17, 15) is 9.90 Å². The third-order valence-corrected chi connectivity index (χ3v) is 5.43. The molecule has 0 radical (unpaired) electrons. The number of amides is 1.